The summed E-state index contributed by atoms with van der Waals surface area (Å²) in [5.41, 5.74) is -0.0111. The number of benzene rings is 1. The number of imide groups is 2. The molecule has 1 aromatic rings. The Hall–Kier alpha value is -3.21. The minimum atomic E-state index is -1.08. The topological polar surface area (TPSA) is 86.8 Å². The lowest BCUT2D eigenvalue weighted by Gasteiger charge is -2.27. The summed E-state index contributed by atoms with van der Waals surface area (Å²) in [6, 6.07) is 1.15. The van der Waals surface area contributed by atoms with Gasteiger partial charge in [-0.25, -0.2) is 4.39 Å². The van der Waals surface area contributed by atoms with Crippen LogP contribution in [0.2, 0.25) is 0 Å². The van der Waals surface area contributed by atoms with Gasteiger partial charge in [-0.2, -0.15) is 0 Å². The van der Waals surface area contributed by atoms with Crippen LogP contribution in [0.5, 0.6) is 0 Å². The molecule has 25 heavy (non-hydrogen) atoms. The van der Waals surface area contributed by atoms with Gasteiger partial charge in [-0.05, 0) is 18.6 Å². The van der Waals surface area contributed by atoms with Crippen molar-refractivity contribution in [2.45, 2.75) is 18.9 Å². The maximum absolute atomic E-state index is 14.3. The highest BCUT2D eigenvalue weighted by molar-refractivity contribution is 6.23. The molecule has 1 unspecified atom stereocenters. The molecular weight excluding hydrogens is 329 g/mol. The maximum Gasteiger partial charge on any atom is 0.262 e. The number of halogens is 1. The Morgan fingerprint density at radius 2 is 1.92 bits per heavy atom. The molecule has 0 aromatic heterocycles. The van der Waals surface area contributed by atoms with Gasteiger partial charge in [0, 0.05) is 13.5 Å². The highest BCUT2D eigenvalue weighted by atomic mass is 19.1. The summed E-state index contributed by atoms with van der Waals surface area (Å²) in [4.78, 5) is 50.6. The fourth-order valence-corrected chi connectivity index (χ4v) is 2.99. The van der Waals surface area contributed by atoms with Crippen molar-refractivity contribution in [1.82, 2.24) is 10.2 Å². The molecule has 1 fully saturated rings. The zero-order valence-corrected chi connectivity index (χ0v) is 13.3. The molecule has 2 aliphatic heterocycles. The fraction of sp³-hybridized carbons (Fsp3) is 0.294. The molecule has 2 heterocycles. The third kappa shape index (κ3) is 2.63. The second kappa shape index (κ2) is 6.02. The third-order valence-corrected chi connectivity index (χ3v) is 4.25. The van der Waals surface area contributed by atoms with Crippen molar-refractivity contribution in [3.05, 3.63) is 29.1 Å². The summed E-state index contributed by atoms with van der Waals surface area (Å²) in [5, 5.41) is 2.10. The van der Waals surface area contributed by atoms with Crippen molar-refractivity contribution in [2.75, 3.05) is 18.5 Å². The molecule has 0 spiro atoms. The van der Waals surface area contributed by atoms with Gasteiger partial charge in [-0.1, -0.05) is 5.92 Å². The van der Waals surface area contributed by atoms with Crippen LogP contribution in [0.15, 0.2) is 12.1 Å². The average Bonchev–Trinajstić information content (AvgIpc) is 2.78. The molecule has 128 valence electrons. The minimum absolute atomic E-state index is 0.00923. The van der Waals surface area contributed by atoms with E-state index in [-0.39, 0.29) is 36.2 Å². The first-order chi connectivity index (χ1) is 11.8. The van der Waals surface area contributed by atoms with Gasteiger partial charge in [0.15, 0.2) is 0 Å². The summed E-state index contributed by atoms with van der Waals surface area (Å²) >= 11 is 0. The van der Waals surface area contributed by atoms with E-state index in [9.17, 15) is 23.6 Å². The monoisotopic (exact) mass is 343 g/mol. The standard InChI is InChI=1S/C17H14FN3O4/c1-3-6-20(2)13-8-10-9(7-11(13)18)16(24)21(17(10)25)12-4-5-14(22)19-15(12)23/h1,7-8,12H,4-6H2,2H3,(H,19,22,23). The minimum Gasteiger partial charge on any atom is -0.361 e. The van der Waals surface area contributed by atoms with E-state index in [1.54, 1.807) is 7.05 Å². The number of fused-ring (bicyclic) bond motifs is 1. The Kier molecular flexibility index (Phi) is 4.00. The van der Waals surface area contributed by atoms with Crippen LogP contribution in [0.1, 0.15) is 33.6 Å². The number of piperidine rings is 1. The molecule has 3 rings (SSSR count). The number of amides is 4. The van der Waals surface area contributed by atoms with Gasteiger partial charge < -0.3 is 4.90 Å². The number of nitrogens with zero attached hydrogens (tertiary/aromatic N) is 2. The van der Waals surface area contributed by atoms with E-state index < -0.39 is 35.5 Å². The van der Waals surface area contributed by atoms with E-state index in [4.69, 9.17) is 6.42 Å². The van der Waals surface area contributed by atoms with E-state index >= 15 is 0 Å². The first-order valence-corrected chi connectivity index (χ1v) is 7.55. The lowest BCUT2D eigenvalue weighted by molar-refractivity contribution is -0.136. The third-order valence-electron chi connectivity index (χ3n) is 4.25. The van der Waals surface area contributed by atoms with E-state index in [0.717, 1.165) is 11.0 Å². The summed E-state index contributed by atoms with van der Waals surface area (Å²) in [5.74, 6) is -0.937. The maximum atomic E-state index is 14.3. The Morgan fingerprint density at radius 1 is 1.28 bits per heavy atom. The van der Waals surface area contributed by atoms with Gasteiger partial charge in [0.1, 0.15) is 11.9 Å². The quantitative estimate of drug-likeness (QED) is 0.630. The van der Waals surface area contributed by atoms with Crippen LogP contribution in [0, 0.1) is 18.2 Å². The van der Waals surface area contributed by atoms with Gasteiger partial charge in [0.25, 0.3) is 11.8 Å². The van der Waals surface area contributed by atoms with Crippen LogP contribution in [0.25, 0.3) is 0 Å². The SMILES string of the molecule is C#CCN(C)c1cc2c(cc1F)C(=O)N(C1CCC(=O)NC1=O)C2=O. The molecule has 0 radical (unpaired) electrons. The van der Waals surface area contributed by atoms with Crippen LogP contribution in [-0.4, -0.2) is 48.2 Å². The van der Waals surface area contributed by atoms with Crippen LogP contribution in [0.4, 0.5) is 10.1 Å². The Morgan fingerprint density at radius 3 is 2.52 bits per heavy atom. The number of rotatable bonds is 3. The molecule has 0 aliphatic carbocycles. The fourth-order valence-electron chi connectivity index (χ4n) is 2.99. The summed E-state index contributed by atoms with van der Waals surface area (Å²) in [6.07, 6.45) is 5.28. The predicted molar refractivity (Wildman–Crippen MR) is 85.2 cm³/mol. The molecule has 1 atom stereocenters. The molecule has 1 aromatic carbocycles. The molecule has 0 bridgehead atoms. The number of nitrogens with one attached hydrogen (secondary N) is 1. The Bertz CT molecular complexity index is 858. The largest absolute Gasteiger partial charge is 0.361 e. The van der Waals surface area contributed by atoms with Crippen molar-refractivity contribution < 1.29 is 23.6 Å². The molecule has 8 heteroatoms. The van der Waals surface area contributed by atoms with Crippen LogP contribution in [0.3, 0.4) is 0 Å². The van der Waals surface area contributed by atoms with E-state index in [1.807, 2.05) is 0 Å². The Balaban J connectivity index is 1.98. The molecule has 4 amide bonds. The summed E-state index contributed by atoms with van der Waals surface area (Å²) in [7, 11) is 1.56. The molecular formula is C17H14FN3O4. The van der Waals surface area contributed by atoms with Crippen molar-refractivity contribution in [3.8, 4) is 12.3 Å². The number of carbonyl (C=O) groups is 4. The lowest BCUT2D eigenvalue weighted by Crippen LogP contribution is -2.54. The van der Waals surface area contributed by atoms with Gasteiger partial charge in [0.05, 0.1) is 23.4 Å². The van der Waals surface area contributed by atoms with E-state index in [2.05, 4.69) is 11.2 Å². The number of anilines is 1. The highest BCUT2D eigenvalue weighted by Gasteiger charge is 2.45. The predicted octanol–water partition coefficient (Wildman–Crippen LogP) is 0.296. The first-order valence-electron chi connectivity index (χ1n) is 7.55. The first kappa shape index (κ1) is 16.6. The smallest absolute Gasteiger partial charge is 0.262 e. The van der Waals surface area contributed by atoms with Gasteiger partial charge in [-0.3, -0.25) is 29.4 Å². The van der Waals surface area contributed by atoms with Crippen LogP contribution < -0.4 is 10.2 Å². The zero-order chi connectivity index (χ0) is 18.3. The lowest BCUT2D eigenvalue weighted by atomic mass is 10.0. The molecule has 0 saturated carbocycles. The molecule has 1 saturated heterocycles. The van der Waals surface area contributed by atoms with Crippen molar-refractivity contribution in [1.29, 1.82) is 0 Å². The van der Waals surface area contributed by atoms with E-state index in [0.29, 0.717) is 0 Å². The number of terminal acetylenes is 1. The second-order valence-electron chi connectivity index (χ2n) is 5.86. The Labute approximate surface area is 142 Å². The molecule has 1 N–H and O–H groups in total. The number of hydrogen-bond donors (Lipinski definition) is 1. The summed E-state index contributed by atoms with van der Waals surface area (Å²) < 4.78 is 14.3. The van der Waals surface area contributed by atoms with Crippen molar-refractivity contribution in [3.63, 3.8) is 0 Å². The van der Waals surface area contributed by atoms with Crippen LogP contribution >= 0.6 is 0 Å². The molecule has 7 nitrogen and oxygen atoms in total. The van der Waals surface area contributed by atoms with Crippen molar-refractivity contribution >= 4 is 29.3 Å². The number of hydrogen-bond acceptors (Lipinski definition) is 5. The molecule has 2 aliphatic rings. The van der Waals surface area contributed by atoms with Gasteiger partial charge >= 0.3 is 0 Å². The van der Waals surface area contributed by atoms with Gasteiger partial charge in [-0.15, -0.1) is 6.42 Å². The second-order valence-corrected chi connectivity index (χ2v) is 5.86. The van der Waals surface area contributed by atoms with Crippen LogP contribution in [-0.2, 0) is 9.59 Å². The number of carbonyl (C=O) groups excluding carboxylic acids is 4. The highest BCUT2D eigenvalue weighted by Crippen LogP contribution is 2.32. The van der Waals surface area contributed by atoms with Gasteiger partial charge in [0.2, 0.25) is 11.8 Å². The normalized spacial score (nSPS) is 19.6. The van der Waals surface area contributed by atoms with E-state index in [1.165, 1.54) is 11.0 Å². The van der Waals surface area contributed by atoms with Crippen molar-refractivity contribution in [2.24, 2.45) is 0 Å². The average molecular weight is 343 g/mol. The summed E-state index contributed by atoms with van der Waals surface area (Å²) in [6.45, 7) is 0.120. The zero-order valence-electron chi connectivity index (χ0n) is 13.3.